The predicted octanol–water partition coefficient (Wildman–Crippen LogP) is -3.26. The molecule has 1 amide bonds. The van der Waals surface area contributed by atoms with Gasteiger partial charge in [-0.15, -0.1) is 0 Å². The van der Waals surface area contributed by atoms with Crippen LogP contribution in [0.3, 0.4) is 0 Å². The summed E-state index contributed by atoms with van der Waals surface area (Å²) in [4.78, 5) is 26.3. The minimum Gasteiger partial charge on any atom is -0.491 e. The molecule has 2 aliphatic heterocycles. The van der Waals surface area contributed by atoms with Gasteiger partial charge in [-0.1, -0.05) is 0 Å². The molecule has 12 nitrogen and oxygen atoms in total. The number of methoxy groups -OCH3 is 1. The van der Waals surface area contributed by atoms with Crippen LogP contribution in [0.2, 0.25) is 0 Å². The van der Waals surface area contributed by atoms with Gasteiger partial charge in [-0.05, 0) is 6.42 Å². The Kier molecular flexibility index (Phi) is 7.33. The molecule has 0 unspecified atom stereocenters. The molecule has 176 valence electrons. The van der Waals surface area contributed by atoms with Crippen LogP contribution in [0.15, 0.2) is 11.5 Å². The minimum absolute atomic E-state index is 0.0776. The van der Waals surface area contributed by atoms with Crippen LogP contribution in [0.25, 0.3) is 0 Å². The van der Waals surface area contributed by atoms with Gasteiger partial charge < -0.3 is 49.7 Å². The lowest BCUT2D eigenvalue weighted by atomic mass is 9.85. The average molecular weight is 447 g/mol. The van der Waals surface area contributed by atoms with E-state index >= 15 is 0 Å². The quantitative estimate of drug-likeness (QED) is 0.230. The number of allylic oxidation sites excluding steroid dienone is 1. The predicted molar refractivity (Wildman–Crippen MR) is 99.9 cm³/mol. The van der Waals surface area contributed by atoms with Gasteiger partial charge in [0.15, 0.2) is 12.0 Å². The average Bonchev–Trinajstić information content (AvgIpc) is 3.11. The van der Waals surface area contributed by atoms with Gasteiger partial charge >= 0.3 is 0 Å². The number of carbonyl (C=O) groups is 2. The third-order valence-corrected chi connectivity index (χ3v) is 5.92. The zero-order valence-corrected chi connectivity index (χ0v) is 17.1. The second-order valence-electron chi connectivity index (χ2n) is 8.13. The smallest absolute Gasteiger partial charge is 0.227 e. The van der Waals surface area contributed by atoms with E-state index in [2.05, 4.69) is 0 Å². The first-order chi connectivity index (χ1) is 14.7. The maximum absolute atomic E-state index is 12.6. The molecule has 2 saturated heterocycles. The lowest BCUT2D eigenvalue weighted by molar-refractivity contribution is -0.302. The van der Waals surface area contributed by atoms with E-state index in [0.29, 0.717) is 6.42 Å². The molecule has 0 spiro atoms. The number of hydrogen-bond donors (Lipinski definition) is 6. The molecule has 0 aromatic heterocycles. The third kappa shape index (κ3) is 4.61. The first kappa shape index (κ1) is 24.0. The van der Waals surface area contributed by atoms with Gasteiger partial charge in [0.2, 0.25) is 11.7 Å². The fourth-order valence-electron chi connectivity index (χ4n) is 4.22. The summed E-state index contributed by atoms with van der Waals surface area (Å²) >= 11 is 0. The molecule has 0 aromatic rings. The summed E-state index contributed by atoms with van der Waals surface area (Å²) in [6.07, 6.45) is -7.27. The molecule has 0 bridgehead atoms. The van der Waals surface area contributed by atoms with Crippen molar-refractivity contribution in [3.63, 3.8) is 0 Å². The van der Waals surface area contributed by atoms with Crippen molar-refractivity contribution in [2.45, 2.75) is 68.0 Å². The zero-order valence-electron chi connectivity index (χ0n) is 17.1. The Morgan fingerprint density at radius 2 is 1.84 bits per heavy atom. The Bertz CT molecular complexity index is 726. The molecule has 6 N–H and O–H groups in total. The fourth-order valence-corrected chi connectivity index (χ4v) is 4.22. The molecule has 0 radical (unpaired) electrons. The third-order valence-electron chi connectivity index (χ3n) is 5.92. The minimum atomic E-state index is -1.72. The van der Waals surface area contributed by atoms with Crippen LogP contribution in [0, 0.1) is 0 Å². The lowest BCUT2D eigenvalue weighted by Gasteiger charge is -2.41. The van der Waals surface area contributed by atoms with Crippen LogP contribution in [0.1, 0.15) is 25.7 Å². The van der Waals surface area contributed by atoms with Gasteiger partial charge in [0.25, 0.3) is 0 Å². The Balaban J connectivity index is 1.78. The Morgan fingerprint density at radius 1 is 1.13 bits per heavy atom. The first-order valence-corrected chi connectivity index (χ1v) is 10.0. The van der Waals surface area contributed by atoms with Crippen molar-refractivity contribution in [1.29, 1.82) is 0 Å². The standard InChI is InChI=1S/C19H29NO11/c1-29-17-10(4-19(28,8-22)5-11(17)23)20-9(2-3-13(20)24)7-30-18-16(27)15(26)14(25)12(6-21)31-18/h9,12,14-16,18,21-22,25-28H,2-8H2,1H3/t9-,12-,14-,15+,16-,18-,19+/m1/s1. The summed E-state index contributed by atoms with van der Waals surface area (Å²) in [6.45, 7) is -1.45. The van der Waals surface area contributed by atoms with Crippen molar-refractivity contribution >= 4 is 11.7 Å². The molecule has 0 saturated carbocycles. The Morgan fingerprint density at radius 3 is 2.45 bits per heavy atom. The number of ether oxygens (including phenoxy) is 3. The van der Waals surface area contributed by atoms with Crippen molar-refractivity contribution in [2.24, 2.45) is 0 Å². The molecule has 1 aliphatic carbocycles. The molecule has 7 atom stereocenters. The van der Waals surface area contributed by atoms with Crippen molar-refractivity contribution in [1.82, 2.24) is 4.90 Å². The van der Waals surface area contributed by atoms with Gasteiger partial charge in [-0.25, -0.2) is 0 Å². The van der Waals surface area contributed by atoms with Gasteiger partial charge in [-0.3, -0.25) is 9.59 Å². The number of amides is 1. The number of hydrogen-bond acceptors (Lipinski definition) is 11. The number of aliphatic hydroxyl groups is 6. The molecule has 12 heteroatoms. The van der Waals surface area contributed by atoms with Gasteiger partial charge in [0.05, 0.1) is 38.7 Å². The summed E-state index contributed by atoms with van der Waals surface area (Å²) in [5.74, 6) is -0.957. The summed E-state index contributed by atoms with van der Waals surface area (Å²) < 4.78 is 16.1. The molecular formula is C19H29NO11. The highest BCUT2D eigenvalue weighted by Gasteiger charge is 2.47. The molecular weight excluding hydrogens is 418 g/mol. The Hall–Kier alpha value is -1.64. The normalized spacial score (nSPS) is 39.4. The topological polar surface area (TPSA) is 186 Å². The Labute approximate surface area is 178 Å². The molecule has 0 aromatic carbocycles. The van der Waals surface area contributed by atoms with Gasteiger partial charge in [0.1, 0.15) is 30.0 Å². The molecule has 2 heterocycles. The van der Waals surface area contributed by atoms with Crippen molar-refractivity contribution in [2.75, 3.05) is 26.9 Å². The fraction of sp³-hybridized carbons (Fsp3) is 0.789. The number of rotatable bonds is 7. The molecule has 3 aliphatic rings. The second-order valence-corrected chi connectivity index (χ2v) is 8.13. The largest absolute Gasteiger partial charge is 0.491 e. The zero-order chi connectivity index (χ0) is 22.9. The number of likely N-dealkylation sites (tertiary alicyclic amines) is 1. The lowest BCUT2D eigenvalue weighted by Crippen LogP contribution is -2.59. The number of aliphatic hydroxyl groups excluding tert-OH is 5. The highest BCUT2D eigenvalue weighted by Crippen LogP contribution is 2.37. The van der Waals surface area contributed by atoms with Crippen LogP contribution in [-0.2, 0) is 23.8 Å². The highest BCUT2D eigenvalue weighted by atomic mass is 16.7. The van der Waals surface area contributed by atoms with Crippen molar-refractivity contribution < 1.29 is 54.4 Å². The SMILES string of the molecule is COC1=C(N2C(=O)CC[C@@H]2CO[C@@H]2O[C@H](CO)[C@@H](O)[C@H](O)[C@H]2O)C[C@@](O)(CO)CC1=O. The maximum Gasteiger partial charge on any atom is 0.227 e. The summed E-state index contributed by atoms with van der Waals surface area (Å²) in [6, 6.07) is -0.603. The summed E-state index contributed by atoms with van der Waals surface area (Å²) in [7, 11) is 1.27. The molecule has 31 heavy (non-hydrogen) atoms. The molecule has 3 rings (SSSR count). The molecule has 2 fully saturated rings. The number of nitrogens with zero attached hydrogens (tertiary/aromatic N) is 1. The van der Waals surface area contributed by atoms with Crippen LogP contribution < -0.4 is 0 Å². The van der Waals surface area contributed by atoms with Crippen LogP contribution >= 0.6 is 0 Å². The van der Waals surface area contributed by atoms with E-state index in [1.54, 1.807) is 0 Å². The van der Waals surface area contributed by atoms with Crippen molar-refractivity contribution in [3.05, 3.63) is 11.5 Å². The number of carbonyl (C=O) groups excluding carboxylic acids is 2. The van der Waals surface area contributed by atoms with E-state index in [4.69, 9.17) is 14.2 Å². The van der Waals surface area contributed by atoms with Crippen LogP contribution in [0.4, 0.5) is 0 Å². The van der Waals surface area contributed by atoms with Gasteiger partial charge in [0, 0.05) is 19.3 Å². The second kappa shape index (κ2) is 9.46. The monoisotopic (exact) mass is 447 g/mol. The van der Waals surface area contributed by atoms with Crippen LogP contribution in [0.5, 0.6) is 0 Å². The summed E-state index contributed by atoms with van der Waals surface area (Å²) in [5.41, 5.74) is -1.58. The van der Waals surface area contributed by atoms with E-state index in [9.17, 15) is 40.2 Å². The van der Waals surface area contributed by atoms with Gasteiger partial charge in [-0.2, -0.15) is 0 Å². The first-order valence-electron chi connectivity index (χ1n) is 10.0. The van der Waals surface area contributed by atoms with E-state index in [1.165, 1.54) is 12.0 Å². The number of Topliss-reactive ketones (excluding diaryl/α,β-unsaturated/α-hetero) is 1. The van der Waals surface area contributed by atoms with E-state index in [0.717, 1.165) is 0 Å². The van der Waals surface area contributed by atoms with E-state index in [1.807, 2.05) is 0 Å². The van der Waals surface area contributed by atoms with Crippen molar-refractivity contribution in [3.8, 4) is 0 Å². The highest BCUT2D eigenvalue weighted by molar-refractivity contribution is 5.97. The van der Waals surface area contributed by atoms with Crippen LogP contribution in [-0.4, -0.2) is 117 Å². The maximum atomic E-state index is 12.6. The summed E-state index contributed by atoms with van der Waals surface area (Å²) in [5, 5.41) is 59.1. The number of ketones is 1. The van der Waals surface area contributed by atoms with E-state index < -0.39 is 61.3 Å². The van der Waals surface area contributed by atoms with E-state index in [-0.39, 0.29) is 43.2 Å².